The van der Waals surface area contributed by atoms with Gasteiger partial charge in [-0.25, -0.2) is 15.0 Å². The number of rotatable bonds is 3. The largest absolute Gasteiger partial charge is 0.391 e. The van der Waals surface area contributed by atoms with Crippen molar-refractivity contribution in [1.29, 1.82) is 0 Å². The standard InChI is InChI=1S/C10H13N5O3/c11-9-8-10(13-4-12-9)15(5-14-8)1-6-3-17-7(2-16)18-6/h4-7,16H,1-3H2,(H2,11,12,13)/t6-,7-/m1/s1. The topological polar surface area (TPSA) is 108 Å². The van der Waals surface area contributed by atoms with Gasteiger partial charge < -0.3 is 24.9 Å². The second-order valence-corrected chi connectivity index (χ2v) is 4.03. The van der Waals surface area contributed by atoms with Crippen LogP contribution in [0.2, 0.25) is 0 Å². The van der Waals surface area contributed by atoms with E-state index < -0.39 is 6.29 Å². The lowest BCUT2D eigenvalue weighted by Gasteiger charge is -2.10. The molecule has 0 unspecified atom stereocenters. The van der Waals surface area contributed by atoms with Gasteiger partial charge in [0.05, 0.1) is 26.1 Å². The minimum absolute atomic E-state index is 0.129. The number of nitrogens with zero attached hydrogens (tertiary/aromatic N) is 4. The van der Waals surface area contributed by atoms with Crippen LogP contribution in [0.4, 0.5) is 5.82 Å². The van der Waals surface area contributed by atoms with E-state index in [-0.39, 0.29) is 12.7 Å². The molecule has 3 rings (SSSR count). The summed E-state index contributed by atoms with van der Waals surface area (Å²) in [6, 6.07) is 0. The van der Waals surface area contributed by atoms with Gasteiger partial charge >= 0.3 is 0 Å². The lowest BCUT2D eigenvalue weighted by Crippen LogP contribution is -2.20. The molecule has 0 radical (unpaired) electrons. The van der Waals surface area contributed by atoms with Gasteiger partial charge in [0.15, 0.2) is 17.8 Å². The molecule has 18 heavy (non-hydrogen) atoms. The average Bonchev–Trinajstić information content (AvgIpc) is 2.98. The van der Waals surface area contributed by atoms with Crippen molar-refractivity contribution in [2.24, 2.45) is 0 Å². The smallest absolute Gasteiger partial charge is 0.181 e. The molecular formula is C10H13N5O3. The molecule has 2 aromatic heterocycles. The minimum Gasteiger partial charge on any atom is -0.391 e. The number of imidazole rings is 1. The van der Waals surface area contributed by atoms with Gasteiger partial charge in [0.1, 0.15) is 17.9 Å². The number of anilines is 1. The van der Waals surface area contributed by atoms with E-state index in [4.69, 9.17) is 20.3 Å². The van der Waals surface area contributed by atoms with Crippen LogP contribution in [0.1, 0.15) is 0 Å². The second kappa shape index (κ2) is 4.48. The summed E-state index contributed by atoms with van der Waals surface area (Å²) in [5, 5.41) is 8.91. The Morgan fingerprint density at radius 2 is 2.33 bits per heavy atom. The number of nitrogen functional groups attached to an aromatic ring is 1. The summed E-state index contributed by atoms with van der Waals surface area (Å²) in [6.07, 6.45) is 2.38. The van der Waals surface area contributed by atoms with Crippen molar-refractivity contribution in [2.45, 2.75) is 18.9 Å². The van der Waals surface area contributed by atoms with Crippen LogP contribution < -0.4 is 5.73 Å². The number of fused-ring (bicyclic) bond motifs is 1. The van der Waals surface area contributed by atoms with Gasteiger partial charge in [-0.2, -0.15) is 0 Å². The molecule has 1 aliphatic heterocycles. The van der Waals surface area contributed by atoms with Crippen LogP contribution >= 0.6 is 0 Å². The maximum atomic E-state index is 8.91. The molecule has 0 aromatic carbocycles. The number of hydrogen-bond donors (Lipinski definition) is 2. The first-order chi connectivity index (χ1) is 8.78. The monoisotopic (exact) mass is 251 g/mol. The molecule has 8 heteroatoms. The Hall–Kier alpha value is -1.77. The summed E-state index contributed by atoms with van der Waals surface area (Å²) in [4.78, 5) is 12.2. The molecule has 2 atom stereocenters. The van der Waals surface area contributed by atoms with E-state index in [1.54, 1.807) is 6.33 Å². The van der Waals surface area contributed by atoms with Crippen LogP contribution in [0.3, 0.4) is 0 Å². The summed E-state index contributed by atoms with van der Waals surface area (Å²) in [7, 11) is 0. The van der Waals surface area contributed by atoms with Gasteiger partial charge in [0.25, 0.3) is 0 Å². The fraction of sp³-hybridized carbons (Fsp3) is 0.500. The van der Waals surface area contributed by atoms with Crippen molar-refractivity contribution < 1.29 is 14.6 Å². The third-order valence-corrected chi connectivity index (χ3v) is 2.79. The van der Waals surface area contributed by atoms with Crippen LogP contribution in [0.15, 0.2) is 12.7 Å². The first-order valence-corrected chi connectivity index (χ1v) is 5.57. The molecule has 0 spiro atoms. The van der Waals surface area contributed by atoms with Gasteiger partial charge in [-0.3, -0.25) is 0 Å². The zero-order valence-electron chi connectivity index (χ0n) is 9.56. The van der Waals surface area contributed by atoms with E-state index in [0.717, 1.165) is 0 Å². The molecule has 0 amide bonds. The maximum absolute atomic E-state index is 8.91. The average molecular weight is 251 g/mol. The lowest BCUT2D eigenvalue weighted by atomic mass is 10.4. The molecule has 1 fully saturated rings. The van der Waals surface area contributed by atoms with Crippen molar-refractivity contribution in [3.05, 3.63) is 12.7 Å². The van der Waals surface area contributed by atoms with E-state index in [0.29, 0.717) is 30.1 Å². The van der Waals surface area contributed by atoms with Crippen molar-refractivity contribution in [3.63, 3.8) is 0 Å². The molecule has 1 saturated heterocycles. The number of aliphatic hydroxyl groups excluding tert-OH is 1. The van der Waals surface area contributed by atoms with Crippen LogP contribution in [0, 0.1) is 0 Å². The number of nitrogens with two attached hydrogens (primary N) is 1. The second-order valence-electron chi connectivity index (χ2n) is 4.03. The maximum Gasteiger partial charge on any atom is 0.181 e. The van der Waals surface area contributed by atoms with Crippen LogP contribution in [0.5, 0.6) is 0 Å². The molecule has 96 valence electrons. The summed E-state index contributed by atoms with van der Waals surface area (Å²) in [6.45, 7) is 0.839. The Kier molecular flexibility index (Phi) is 2.82. The number of hydrogen-bond acceptors (Lipinski definition) is 7. The number of aromatic nitrogens is 4. The van der Waals surface area contributed by atoms with Gasteiger partial charge in [-0.15, -0.1) is 0 Å². The lowest BCUT2D eigenvalue weighted by molar-refractivity contribution is -0.0891. The summed E-state index contributed by atoms with van der Waals surface area (Å²) < 4.78 is 12.5. The van der Waals surface area contributed by atoms with Crippen LogP contribution in [-0.4, -0.2) is 50.2 Å². The van der Waals surface area contributed by atoms with Crippen molar-refractivity contribution in [2.75, 3.05) is 18.9 Å². The first-order valence-electron chi connectivity index (χ1n) is 5.57. The molecule has 3 heterocycles. The highest BCUT2D eigenvalue weighted by Crippen LogP contribution is 2.17. The Labute approximate surface area is 102 Å². The minimum atomic E-state index is -0.538. The van der Waals surface area contributed by atoms with Crippen molar-refractivity contribution >= 4 is 17.0 Å². The predicted molar refractivity (Wildman–Crippen MR) is 61.4 cm³/mol. The first kappa shape index (κ1) is 11.3. The number of aliphatic hydroxyl groups is 1. The van der Waals surface area contributed by atoms with Gasteiger partial charge in [0, 0.05) is 0 Å². The predicted octanol–water partition coefficient (Wildman–Crippen LogP) is -0.858. The molecule has 8 nitrogen and oxygen atoms in total. The third kappa shape index (κ3) is 1.90. The Morgan fingerprint density at radius 1 is 1.44 bits per heavy atom. The Morgan fingerprint density at radius 3 is 3.11 bits per heavy atom. The van der Waals surface area contributed by atoms with E-state index in [1.807, 2.05) is 4.57 Å². The third-order valence-electron chi connectivity index (χ3n) is 2.79. The number of ether oxygens (including phenoxy) is 2. The Balaban J connectivity index is 1.81. The van der Waals surface area contributed by atoms with Gasteiger partial charge in [-0.1, -0.05) is 0 Å². The molecule has 0 aliphatic carbocycles. The SMILES string of the molecule is Nc1ncnc2c1ncn2C[C@@H]1CO[C@@H](CO)O1. The fourth-order valence-electron chi connectivity index (χ4n) is 1.95. The van der Waals surface area contributed by atoms with E-state index in [1.165, 1.54) is 6.33 Å². The van der Waals surface area contributed by atoms with Crippen LogP contribution in [-0.2, 0) is 16.0 Å². The van der Waals surface area contributed by atoms with Crippen molar-refractivity contribution in [3.8, 4) is 0 Å². The summed E-state index contributed by atoms with van der Waals surface area (Å²) >= 11 is 0. The highest BCUT2D eigenvalue weighted by Gasteiger charge is 2.26. The quantitative estimate of drug-likeness (QED) is 0.730. The zero-order chi connectivity index (χ0) is 12.5. The Bertz CT molecular complexity index is 557. The van der Waals surface area contributed by atoms with Crippen LogP contribution in [0.25, 0.3) is 11.2 Å². The molecule has 1 aliphatic rings. The summed E-state index contributed by atoms with van der Waals surface area (Å²) in [5.74, 6) is 0.357. The molecule has 2 aromatic rings. The van der Waals surface area contributed by atoms with E-state index in [9.17, 15) is 0 Å². The molecular weight excluding hydrogens is 238 g/mol. The van der Waals surface area contributed by atoms with E-state index >= 15 is 0 Å². The van der Waals surface area contributed by atoms with Crippen molar-refractivity contribution in [1.82, 2.24) is 19.5 Å². The molecule has 0 bridgehead atoms. The van der Waals surface area contributed by atoms with E-state index in [2.05, 4.69) is 15.0 Å². The van der Waals surface area contributed by atoms with Gasteiger partial charge in [-0.05, 0) is 0 Å². The molecule has 3 N–H and O–H groups in total. The molecule has 0 saturated carbocycles. The zero-order valence-corrected chi connectivity index (χ0v) is 9.56. The normalized spacial score (nSPS) is 23.8. The summed E-state index contributed by atoms with van der Waals surface area (Å²) in [5.41, 5.74) is 6.95. The van der Waals surface area contributed by atoms with Gasteiger partial charge in [0.2, 0.25) is 0 Å². The fourth-order valence-corrected chi connectivity index (χ4v) is 1.95. The highest BCUT2D eigenvalue weighted by molar-refractivity contribution is 5.81. The highest BCUT2D eigenvalue weighted by atomic mass is 16.7.